The number of anilines is 1. The molecule has 1 amide bonds. The summed E-state index contributed by atoms with van der Waals surface area (Å²) in [7, 11) is 0. The Kier molecular flexibility index (Phi) is 7.24. The maximum absolute atomic E-state index is 13.6. The maximum atomic E-state index is 13.6. The van der Waals surface area contributed by atoms with Gasteiger partial charge in [0.2, 0.25) is 11.8 Å². The van der Waals surface area contributed by atoms with Gasteiger partial charge in [0.15, 0.2) is 0 Å². The van der Waals surface area contributed by atoms with Gasteiger partial charge in [-0.15, -0.1) is 0 Å². The van der Waals surface area contributed by atoms with Crippen LogP contribution in [0.4, 0.5) is 23.7 Å². The number of fused-ring (bicyclic) bond motifs is 5. The van der Waals surface area contributed by atoms with Crippen molar-refractivity contribution in [1.82, 2.24) is 9.47 Å². The van der Waals surface area contributed by atoms with Crippen LogP contribution >= 0.6 is 0 Å². The molecule has 2 atom stereocenters. The fourth-order valence-corrected chi connectivity index (χ4v) is 5.90. The topological polar surface area (TPSA) is 129 Å². The van der Waals surface area contributed by atoms with Crippen LogP contribution in [0.3, 0.4) is 0 Å². The van der Waals surface area contributed by atoms with E-state index in [9.17, 15) is 28.2 Å². The van der Waals surface area contributed by atoms with Gasteiger partial charge in [0.1, 0.15) is 23.6 Å². The van der Waals surface area contributed by atoms with Gasteiger partial charge in [0.05, 0.1) is 40.6 Å². The summed E-state index contributed by atoms with van der Waals surface area (Å²) in [5, 5.41) is 34.2. The van der Waals surface area contributed by atoms with E-state index in [-0.39, 0.29) is 12.3 Å². The molecule has 0 aliphatic carbocycles. The second-order valence-electron chi connectivity index (χ2n) is 10.6. The number of carbonyl (C=O) groups is 1. The molecule has 42 heavy (non-hydrogen) atoms. The number of morpholine rings is 1. The van der Waals surface area contributed by atoms with E-state index in [2.05, 4.69) is 10.2 Å². The number of aromatic hydroxyl groups is 2. The lowest BCUT2D eigenvalue weighted by Gasteiger charge is -2.43. The van der Waals surface area contributed by atoms with E-state index in [0.29, 0.717) is 48.8 Å². The fourth-order valence-electron chi connectivity index (χ4n) is 5.90. The van der Waals surface area contributed by atoms with Crippen LogP contribution in [-0.2, 0) is 26.9 Å². The van der Waals surface area contributed by atoms with E-state index < -0.39 is 46.4 Å². The molecule has 3 N–H and O–H groups in total. The van der Waals surface area contributed by atoms with Crippen LogP contribution in [0.5, 0.6) is 17.5 Å². The molecule has 3 aromatic rings. The summed E-state index contributed by atoms with van der Waals surface area (Å²) in [4.78, 5) is 13.6. The Morgan fingerprint density at radius 2 is 1.71 bits per heavy atom. The summed E-state index contributed by atoms with van der Waals surface area (Å²) in [6, 6.07) is 11.3. The SMILES string of the molecule is CCOC(=O)Nc1ccc(OCCN2C[C@@]3(C)O[C@@](C)(C2)c2c3c(O)n(-c3ccc(C#N)c(C(F)(F)F)c3)c2O)cc1. The van der Waals surface area contributed by atoms with Crippen LogP contribution in [0, 0.1) is 11.3 Å². The number of ether oxygens (including phenoxy) is 3. The van der Waals surface area contributed by atoms with Gasteiger partial charge in [0, 0.05) is 25.3 Å². The molecule has 2 aliphatic rings. The number of hydrogen-bond acceptors (Lipinski definition) is 8. The van der Waals surface area contributed by atoms with Gasteiger partial charge >= 0.3 is 12.3 Å². The Morgan fingerprint density at radius 1 is 1.10 bits per heavy atom. The van der Waals surface area contributed by atoms with Gasteiger partial charge in [-0.2, -0.15) is 18.4 Å². The summed E-state index contributed by atoms with van der Waals surface area (Å²) in [6.45, 7) is 6.91. The van der Waals surface area contributed by atoms with E-state index in [0.717, 1.165) is 16.7 Å². The first kappa shape index (κ1) is 29.1. The first-order valence-electron chi connectivity index (χ1n) is 13.2. The molecule has 1 aromatic heterocycles. The molecule has 0 spiro atoms. The molecule has 2 aliphatic heterocycles. The second kappa shape index (κ2) is 10.5. The average Bonchev–Trinajstić information content (AvgIpc) is 3.29. The zero-order valence-corrected chi connectivity index (χ0v) is 23.1. The van der Waals surface area contributed by atoms with Crippen molar-refractivity contribution in [1.29, 1.82) is 5.26 Å². The van der Waals surface area contributed by atoms with Gasteiger partial charge in [-0.1, -0.05) is 0 Å². The van der Waals surface area contributed by atoms with Gasteiger partial charge in [-0.3, -0.25) is 14.8 Å². The van der Waals surface area contributed by atoms with Crippen LogP contribution in [0.2, 0.25) is 0 Å². The van der Waals surface area contributed by atoms with Crippen molar-refractivity contribution in [2.45, 2.75) is 38.1 Å². The van der Waals surface area contributed by atoms with Gasteiger partial charge in [0.25, 0.3) is 0 Å². The number of benzene rings is 2. The third kappa shape index (κ3) is 5.08. The Hall–Kier alpha value is -4.41. The van der Waals surface area contributed by atoms with Crippen molar-refractivity contribution in [2.75, 3.05) is 38.2 Å². The highest BCUT2D eigenvalue weighted by molar-refractivity contribution is 5.84. The van der Waals surface area contributed by atoms with Crippen molar-refractivity contribution in [3.05, 3.63) is 64.7 Å². The van der Waals surface area contributed by atoms with Crippen LogP contribution in [0.25, 0.3) is 5.69 Å². The predicted molar refractivity (Wildman–Crippen MR) is 144 cm³/mol. The number of alkyl halides is 3. The minimum absolute atomic E-state index is 0.135. The zero-order chi connectivity index (χ0) is 30.4. The molecule has 0 radical (unpaired) electrons. The van der Waals surface area contributed by atoms with Gasteiger partial charge < -0.3 is 24.4 Å². The minimum atomic E-state index is -4.80. The quantitative estimate of drug-likeness (QED) is 0.345. The predicted octanol–water partition coefficient (Wildman–Crippen LogP) is 5.20. The highest BCUT2D eigenvalue weighted by Crippen LogP contribution is 2.59. The Bertz CT molecular complexity index is 1520. The third-order valence-electron chi connectivity index (χ3n) is 7.42. The average molecular weight is 587 g/mol. The summed E-state index contributed by atoms with van der Waals surface area (Å²) in [5.74, 6) is -0.269. The van der Waals surface area contributed by atoms with Crippen molar-refractivity contribution >= 4 is 11.8 Å². The molecule has 1 fully saturated rings. The number of aromatic nitrogens is 1. The number of rotatable bonds is 7. The van der Waals surface area contributed by atoms with E-state index in [1.165, 1.54) is 12.1 Å². The molecule has 5 rings (SSSR count). The number of carbonyl (C=O) groups excluding carboxylic acids is 1. The molecular formula is C29H29F3N4O6. The van der Waals surface area contributed by atoms with Crippen molar-refractivity contribution in [3.63, 3.8) is 0 Å². The van der Waals surface area contributed by atoms with Crippen molar-refractivity contribution < 1.29 is 42.4 Å². The number of nitrogens with zero attached hydrogens (tertiary/aromatic N) is 3. The number of nitriles is 1. The van der Waals surface area contributed by atoms with E-state index >= 15 is 0 Å². The summed E-state index contributed by atoms with van der Waals surface area (Å²) in [5.41, 5.74) is -2.86. The van der Waals surface area contributed by atoms with Crippen LogP contribution in [0.15, 0.2) is 42.5 Å². The summed E-state index contributed by atoms with van der Waals surface area (Å²) in [6.07, 6.45) is -5.35. The van der Waals surface area contributed by atoms with Gasteiger partial charge in [-0.05, 0) is 63.2 Å². The lowest BCUT2D eigenvalue weighted by atomic mass is 9.94. The third-order valence-corrected chi connectivity index (χ3v) is 7.42. The molecule has 2 bridgehead atoms. The highest BCUT2D eigenvalue weighted by Gasteiger charge is 2.58. The fraction of sp³-hybridized carbons (Fsp3) is 0.379. The number of nitrogens with one attached hydrogen (secondary N) is 1. The molecule has 3 heterocycles. The van der Waals surface area contributed by atoms with E-state index in [4.69, 9.17) is 19.5 Å². The lowest BCUT2D eigenvalue weighted by molar-refractivity contribution is -0.187. The number of amides is 1. The van der Waals surface area contributed by atoms with Crippen molar-refractivity contribution in [2.24, 2.45) is 0 Å². The zero-order valence-electron chi connectivity index (χ0n) is 23.1. The molecule has 222 valence electrons. The standard InChI is InChI=1S/C29H29F3N4O6/c1-4-40-26(39)34-18-6-9-20(10-7-18)41-12-11-35-15-27(2)22-23(28(3,16-35)42-27)25(38)36(24(22)37)19-8-5-17(14-33)21(13-19)29(30,31)32/h5-10,13,37-38H,4,11-12,15-16H2,1-3H3,(H,34,39)/t27-,28+. The minimum Gasteiger partial charge on any atom is -0.494 e. The first-order chi connectivity index (χ1) is 19.8. The monoisotopic (exact) mass is 586 g/mol. The summed E-state index contributed by atoms with van der Waals surface area (Å²) < 4.78 is 58.8. The van der Waals surface area contributed by atoms with Crippen LogP contribution < -0.4 is 10.1 Å². The number of hydrogen-bond donors (Lipinski definition) is 3. The normalized spacial score (nSPS) is 21.5. The molecule has 10 nitrogen and oxygen atoms in total. The van der Waals surface area contributed by atoms with Crippen molar-refractivity contribution in [3.8, 4) is 29.3 Å². The Balaban J connectivity index is 1.33. The highest BCUT2D eigenvalue weighted by atomic mass is 19.4. The Labute approximate surface area is 239 Å². The molecule has 0 saturated carbocycles. The maximum Gasteiger partial charge on any atom is 0.417 e. The number of halogens is 3. The molecule has 1 saturated heterocycles. The van der Waals surface area contributed by atoms with Gasteiger partial charge in [-0.25, -0.2) is 4.79 Å². The molecule has 13 heteroatoms. The largest absolute Gasteiger partial charge is 0.494 e. The molecular weight excluding hydrogens is 557 g/mol. The first-order valence-corrected chi connectivity index (χ1v) is 13.2. The second-order valence-corrected chi connectivity index (χ2v) is 10.6. The van der Waals surface area contributed by atoms with Crippen LogP contribution in [0.1, 0.15) is 43.0 Å². The molecule has 0 unspecified atom stereocenters. The lowest BCUT2D eigenvalue weighted by Crippen LogP contribution is -2.52. The van der Waals surface area contributed by atoms with Crippen LogP contribution in [-0.4, -0.2) is 58.6 Å². The van der Waals surface area contributed by atoms with E-state index in [1.54, 1.807) is 45.0 Å². The smallest absolute Gasteiger partial charge is 0.417 e. The molecule has 2 aromatic carbocycles. The Morgan fingerprint density at radius 3 is 2.26 bits per heavy atom. The van der Waals surface area contributed by atoms with E-state index in [1.807, 2.05) is 0 Å². The summed E-state index contributed by atoms with van der Waals surface area (Å²) >= 11 is 0.